The Hall–Kier alpha value is -0.570. The molecule has 0 saturated carbocycles. The Morgan fingerprint density at radius 2 is 2.19 bits per heavy atom. The highest BCUT2D eigenvalue weighted by Crippen LogP contribution is 2.17. The van der Waals surface area contributed by atoms with Gasteiger partial charge in [-0.05, 0) is 31.5 Å². The van der Waals surface area contributed by atoms with Gasteiger partial charge in [-0.2, -0.15) is 0 Å². The monoisotopic (exact) mass is 238 g/mol. The molecule has 0 spiro atoms. The number of halogens is 1. The highest BCUT2D eigenvalue weighted by Gasteiger charge is 2.26. The predicted octanol–water partition coefficient (Wildman–Crippen LogP) is 2.52. The van der Waals surface area contributed by atoms with E-state index in [1.54, 1.807) is 0 Å². The number of hydrogen-bond donors (Lipinski definition) is 1. The van der Waals surface area contributed by atoms with E-state index < -0.39 is 0 Å². The molecule has 1 aliphatic rings. The van der Waals surface area contributed by atoms with Crippen molar-refractivity contribution in [2.45, 2.75) is 32.5 Å². The molecular weight excluding hydrogens is 220 g/mol. The Kier molecular flexibility index (Phi) is 3.85. The van der Waals surface area contributed by atoms with Crippen LogP contribution in [0.1, 0.15) is 19.4 Å². The lowest BCUT2D eigenvalue weighted by Gasteiger charge is -2.41. The zero-order valence-corrected chi connectivity index (χ0v) is 10.7. The summed E-state index contributed by atoms with van der Waals surface area (Å²) in [4.78, 5) is 2.53. The maximum absolute atomic E-state index is 6.00. The highest BCUT2D eigenvalue weighted by molar-refractivity contribution is 6.30. The van der Waals surface area contributed by atoms with Gasteiger partial charge in [0.25, 0.3) is 0 Å². The number of rotatable bonds is 4. The van der Waals surface area contributed by atoms with Gasteiger partial charge in [-0.3, -0.25) is 4.90 Å². The molecule has 0 aromatic heterocycles. The van der Waals surface area contributed by atoms with Gasteiger partial charge in [0.15, 0.2) is 0 Å². The molecule has 0 atom stereocenters. The first kappa shape index (κ1) is 11.9. The van der Waals surface area contributed by atoms with Gasteiger partial charge in [0, 0.05) is 36.7 Å². The van der Waals surface area contributed by atoms with Crippen LogP contribution in [0.3, 0.4) is 0 Å². The zero-order chi connectivity index (χ0) is 11.5. The predicted molar refractivity (Wildman–Crippen MR) is 68.8 cm³/mol. The fourth-order valence-electron chi connectivity index (χ4n) is 2.09. The van der Waals surface area contributed by atoms with Crippen LogP contribution in [0.4, 0.5) is 0 Å². The SMILES string of the molecule is CC(C)N(Cc1cccc(Cl)c1)C1CNC1. The van der Waals surface area contributed by atoms with E-state index >= 15 is 0 Å². The molecule has 1 aromatic carbocycles. The lowest BCUT2D eigenvalue weighted by atomic mass is 10.1. The van der Waals surface area contributed by atoms with E-state index in [9.17, 15) is 0 Å². The van der Waals surface area contributed by atoms with Crippen molar-refractivity contribution in [1.29, 1.82) is 0 Å². The van der Waals surface area contributed by atoms with Crippen LogP contribution in [0.15, 0.2) is 24.3 Å². The molecule has 2 nitrogen and oxygen atoms in total. The van der Waals surface area contributed by atoms with Crippen molar-refractivity contribution in [2.75, 3.05) is 13.1 Å². The Morgan fingerprint density at radius 3 is 2.69 bits per heavy atom. The molecule has 0 unspecified atom stereocenters. The van der Waals surface area contributed by atoms with Crippen molar-refractivity contribution in [3.05, 3.63) is 34.9 Å². The minimum atomic E-state index is 0.575. The van der Waals surface area contributed by atoms with E-state index in [0.29, 0.717) is 12.1 Å². The second-order valence-corrected chi connectivity index (χ2v) is 5.14. The maximum atomic E-state index is 6.00. The van der Waals surface area contributed by atoms with Crippen molar-refractivity contribution in [3.8, 4) is 0 Å². The Balaban J connectivity index is 2.04. The molecule has 1 aromatic rings. The molecule has 3 heteroatoms. The summed E-state index contributed by atoms with van der Waals surface area (Å²) in [5, 5.41) is 4.15. The first-order valence-corrected chi connectivity index (χ1v) is 6.25. The topological polar surface area (TPSA) is 15.3 Å². The van der Waals surface area contributed by atoms with Crippen LogP contribution in [0.25, 0.3) is 0 Å². The normalized spacial score (nSPS) is 16.8. The Bertz CT molecular complexity index is 348. The van der Waals surface area contributed by atoms with Crippen LogP contribution in [-0.4, -0.2) is 30.1 Å². The van der Waals surface area contributed by atoms with Crippen LogP contribution in [0.2, 0.25) is 5.02 Å². The third-order valence-electron chi connectivity index (χ3n) is 3.15. The summed E-state index contributed by atoms with van der Waals surface area (Å²) >= 11 is 6.00. The van der Waals surface area contributed by atoms with Crippen LogP contribution in [0, 0.1) is 0 Å². The summed E-state index contributed by atoms with van der Waals surface area (Å²) in [6, 6.07) is 9.41. The molecule has 1 fully saturated rings. The zero-order valence-electron chi connectivity index (χ0n) is 9.91. The molecule has 0 bridgehead atoms. The van der Waals surface area contributed by atoms with Gasteiger partial charge in [-0.15, -0.1) is 0 Å². The van der Waals surface area contributed by atoms with Gasteiger partial charge >= 0.3 is 0 Å². The van der Waals surface area contributed by atoms with Crippen molar-refractivity contribution in [2.24, 2.45) is 0 Å². The standard InChI is InChI=1S/C13H19ClN2/c1-10(2)16(13-7-15-8-13)9-11-4-3-5-12(14)6-11/h3-6,10,13,15H,7-9H2,1-2H3. The van der Waals surface area contributed by atoms with Crippen molar-refractivity contribution in [3.63, 3.8) is 0 Å². The average molecular weight is 239 g/mol. The third-order valence-corrected chi connectivity index (χ3v) is 3.38. The number of nitrogens with zero attached hydrogens (tertiary/aromatic N) is 1. The van der Waals surface area contributed by atoms with Crippen LogP contribution >= 0.6 is 11.6 Å². The van der Waals surface area contributed by atoms with Crippen molar-refractivity contribution < 1.29 is 0 Å². The second-order valence-electron chi connectivity index (χ2n) is 4.71. The van der Waals surface area contributed by atoms with E-state index in [4.69, 9.17) is 11.6 Å². The van der Waals surface area contributed by atoms with E-state index in [-0.39, 0.29) is 0 Å². The lowest BCUT2D eigenvalue weighted by Crippen LogP contribution is -2.58. The molecule has 1 aliphatic heterocycles. The smallest absolute Gasteiger partial charge is 0.0409 e. The molecular formula is C13H19ClN2. The molecule has 2 rings (SSSR count). The Morgan fingerprint density at radius 1 is 1.44 bits per heavy atom. The fourth-order valence-corrected chi connectivity index (χ4v) is 2.30. The van der Waals surface area contributed by atoms with Gasteiger partial charge in [0.2, 0.25) is 0 Å². The van der Waals surface area contributed by atoms with Gasteiger partial charge < -0.3 is 5.32 Å². The minimum absolute atomic E-state index is 0.575. The van der Waals surface area contributed by atoms with E-state index in [2.05, 4.69) is 36.2 Å². The number of hydrogen-bond acceptors (Lipinski definition) is 2. The van der Waals surface area contributed by atoms with Crippen molar-refractivity contribution >= 4 is 11.6 Å². The summed E-state index contributed by atoms with van der Waals surface area (Å²) in [5.41, 5.74) is 1.30. The van der Waals surface area contributed by atoms with E-state index in [1.165, 1.54) is 5.56 Å². The summed E-state index contributed by atoms with van der Waals surface area (Å²) in [5.74, 6) is 0. The first-order valence-electron chi connectivity index (χ1n) is 5.87. The van der Waals surface area contributed by atoms with Crippen LogP contribution in [0.5, 0.6) is 0 Å². The largest absolute Gasteiger partial charge is 0.314 e. The summed E-state index contributed by atoms with van der Waals surface area (Å²) in [6.45, 7) is 7.72. The summed E-state index contributed by atoms with van der Waals surface area (Å²) in [7, 11) is 0. The van der Waals surface area contributed by atoms with E-state index in [1.807, 2.05) is 12.1 Å². The fraction of sp³-hybridized carbons (Fsp3) is 0.538. The minimum Gasteiger partial charge on any atom is -0.314 e. The molecule has 0 radical (unpaired) electrons. The average Bonchev–Trinajstić information content (AvgIpc) is 2.14. The lowest BCUT2D eigenvalue weighted by molar-refractivity contribution is 0.103. The molecule has 0 amide bonds. The van der Waals surface area contributed by atoms with Gasteiger partial charge in [-0.1, -0.05) is 23.7 Å². The van der Waals surface area contributed by atoms with Gasteiger partial charge in [0.1, 0.15) is 0 Å². The van der Waals surface area contributed by atoms with Gasteiger partial charge in [-0.25, -0.2) is 0 Å². The highest BCUT2D eigenvalue weighted by atomic mass is 35.5. The second kappa shape index (κ2) is 5.17. The molecule has 88 valence electrons. The van der Waals surface area contributed by atoms with E-state index in [0.717, 1.165) is 24.7 Å². The number of benzene rings is 1. The number of nitrogens with one attached hydrogen (secondary N) is 1. The Labute approximate surface area is 103 Å². The maximum Gasteiger partial charge on any atom is 0.0409 e. The quantitative estimate of drug-likeness (QED) is 0.867. The summed E-state index contributed by atoms with van der Waals surface area (Å²) < 4.78 is 0. The molecule has 1 saturated heterocycles. The van der Waals surface area contributed by atoms with Crippen LogP contribution < -0.4 is 5.32 Å². The molecule has 1 N–H and O–H groups in total. The van der Waals surface area contributed by atoms with Crippen molar-refractivity contribution in [1.82, 2.24) is 10.2 Å². The van der Waals surface area contributed by atoms with Gasteiger partial charge in [0.05, 0.1) is 0 Å². The third kappa shape index (κ3) is 2.76. The van der Waals surface area contributed by atoms with Crippen LogP contribution in [-0.2, 0) is 6.54 Å². The summed E-state index contributed by atoms with van der Waals surface area (Å²) in [6.07, 6.45) is 0. The molecule has 16 heavy (non-hydrogen) atoms. The molecule has 0 aliphatic carbocycles. The first-order chi connectivity index (χ1) is 7.66. The molecule has 1 heterocycles.